The summed E-state index contributed by atoms with van der Waals surface area (Å²) >= 11 is 0. The zero-order valence-corrected chi connectivity index (χ0v) is 60.4. The van der Waals surface area contributed by atoms with Crippen LogP contribution in [0, 0.1) is 95.7 Å². The van der Waals surface area contributed by atoms with E-state index in [0.717, 1.165) is 33.4 Å². The summed E-state index contributed by atoms with van der Waals surface area (Å²) in [6, 6.07) is 63.3. The minimum Gasteiger partial charge on any atom is -0.485 e. The van der Waals surface area contributed by atoms with Gasteiger partial charge in [-0.25, -0.2) is 29.6 Å². The smallest absolute Gasteiger partial charge is 0.343 e. The highest BCUT2D eigenvalue weighted by Gasteiger charge is 2.18. The first-order chi connectivity index (χ1) is 52.4. The quantitative estimate of drug-likeness (QED) is 0.0291. The zero-order chi connectivity index (χ0) is 76.7. The molecule has 0 saturated heterocycles. The zero-order valence-electron chi connectivity index (χ0n) is 60.4. The number of pyridine rings is 3. The van der Waals surface area contributed by atoms with Gasteiger partial charge in [-0.1, -0.05) is 206 Å². The van der Waals surface area contributed by atoms with Gasteiger partial charge in [0.1, 0.15) is 56.7 Å². The Bertz CT molecular complexity index is 4930. The topological polar surface area (TPSA) is 246 Å². The van der Waals surface area contributed by atoms with E-state index < -0.39 is 6.03 Å². The van der Waals surface area contributed by atoms with Crippen LogP contribution in [-0.2, 0) is 46.2 Å². The lowest BCUT2D eigenvalue weighted by molar-refractivity contribution is 0.0983. The number of amides is 2. The Morgan fingerprint density at radius 2 is 0.757 bits per heavy atom. The maximum Gasteiger partial charge on any atom is 0.343 e. The van der Waals surface area contributed by atoms with Crippen LogP contribution in [0.5, 0.6) is 34.5 Å². The van der Waals surface area contributed by atoms with Gasteiger partial charge >= 0.3 is 11.7 Å². The van der Waals surface area contributed by atoms with Gasteiger partial charge in [-0.15, -0.1) is 12.8 Å². The molecule has 0 aliphatic heterocycles. The molecule has 4 aromatic heterocycles. The predicted octanol–water partition coefficient (Wildman–Crippen LogP) is 13.3. The normalized spacial score (nSPS) is 9.13. The molecular weight excluding hydrogens is 1340 g/mol. The van der Waals surface area contributed by atoms with Gasteiger partial charge in [-0.3, -0.25) is 14.2 Å². The summed E-state index contributed by atoms with van der Waals surface area (Å²) < 4.78 is 37.2. The predicted molar refractivity (Wildman–Crippen MR) is 417 cm³/mol. The summed E-state index contributed by atoms with van der Waals surface area (Å²) in [5.74, 6) is 37.4. The van der Waals surface area contributed by atoms with E-state index in [1.165, 1.54) is 17.0 Å². The molecule has 10 rings (SSSR count). The Hall–Kier alpha value is -14.4. The number of Topliss-reactive ketones (excluding diaryl/α,β-unsaturated/α-hetero) is 2. The Morgan fingerprint density at radius 3 is 1.07 bits per heavy atom. The monoisotopic (exact) mass is 1420 g/mol. The highest BCUT2D eigenvalue weighted by Crippen LogP contribution is 2.33. The largest absolute Gasteiger partial charge is 0.485 e. The first-order valence-electron chi connectivity index (χ1n) is 33.4. The summed E-state index contributed by atoms with van der Waals surface area (Å²) in [7, 11) is 0. The number of urea groups is 1. The van der Waals surface area contributed by atoms with Gasteiger partial charge in [0.25, 0.3) is 0 Å². The fourth-order valence-electron chi connectivity index (χ4n) is 8.55. The number of carbonyl (C=O) groups is 3. The van der Waals surface area contributed by atoms with Crippen molar-refractivity contribution in [1.82, 2.24) is 40.3 Å². The number of aromatic amines is 1. The number of carbonyl (C=O) groups excluding carboxylic acids is 3. The molecule has 19 heteroatoms. The lowest BCUT2D eigenvalue weighted by Crippen LogP contribution is -2.38. The summed E-state index contributed by atoms with van der Waals surface area (Å²) in [6.45, 7) is 13.5. The van der Waals surface area contributed by atoms with Gasteiger partial charge < -0.3 is 44.8 Å². The molecular formula is C88H81N9O10. The van der Waals surface area contributed by atoms with E-state index in [-0.39, 0.29) is 41.7 Å². The van der Waals surface area contributed by atoms with Gasteiger partial charge in [0.2, 0.25) is 0 Å². The van der Waals surface area contributed by atoms with Gasteiger partial charge in [-0.2, -0.15) is 5.10 Å². The van der Waals surface area contributed by atoms with Crippen molar-refractivity contribution in [2.24, 2.45) is 5.73 Å². The lowest BCUT2D eigenvalue weighted by Gasteiger charge is -2.14. The van der Waals surface area contributed by atoms with Crippen molar-refractivity contribution in [2.45, 2.75) is 87.7 Å². The number of nitrogens with one attached hydrogen (secondary N) is 3. The van der Waals surface area contributed by atoms with E-state index >= 15 is 0 Å². The van der Waals surface area contributed by atoms with Gasteiger partial charge in [-0.05, 0) is 134 Å². The van der Waals surface area contributed by atoms with Crippen LogP contribution in [-0.4, -0.2) is 66.9 Å². The van der Waals surface area contributed by atoms with Crippen LogP contribution in [0.1, 0.15) is 95.9 Å². The number of ketones is 2. The number of hydrogen-bond donors (Lipinski definition) is 4. The number of rotatable bonds is 26. The van der Waals surface area contributed by atoms with Crippen molar-refractivity contribution in [2.75, 3.05) is 19.6 Å². The molecule has 0 aliphatic rings. The van der Waals surface area contributed by atoms with E-state index in [1.807, 2.05) is 189 Å². The lowest BCUT2D eigenvalue weighted by atomic mass is 10.2. The summed E-state index contributed by atoms with van der Waals surface area (Å²) in [6.07, 6.45) is 14.1. The molecule has 4 heterocycles. The van der Waals surface area contributed by atoms with Crippen molar-refractivity contribution < 1.29 is 42.8 Å². The van der Waals surface area contributed by atoms with Crippen molar-refractivity contribution in [1.29, 1.82) is 0 Å². The maximum atomic E-state index is 12.5. The van der Waals surface area contributed by atoms with Crippen LogP contribution >= 0.6 is 0 Å². The average molecular weight is 1420 g/mol. The van der Waals surface area contributed by atoms with Crippen molar-refractivity contribution >= 4 is 17.6 Å². The van der Waals surface area contributed by atoms with Crippen molar-refractivity contribution in [3.63, 3.8) is 0 Å². The first kappa shape index (κ1) is 83.2. The highest BCUT2D eigenvalue weighted by atomic mass is 16.5. The van der Waals surface area contributed by atoms with E-state index in [2.05, 4.69) is 119 Å². The molecule has 2 amide bonds. The molecule has 19 nitrogen and oxygen atoms in total. The van der Waals surface area contributed by atoms with E-state index in [4.69, 9.17) is 47.0 Å². The first-order valence-corrected chi connectivity index (χ1v) is 33.4. The standard InChI is InChI=1S/C24H25N3O4.C23H22N4O3.C21H20N2O3.C8H6.C7H4.C5H4/c1-2-25-24(29)27-14-21(28)20-13-22(30-16-18-9-5-3-6-10-18)23(15-26-20)31-17-19-11-7-4-8-12-19;1-2-27-22(25-26-23(27)28)19-13-20(29-15-17-9-5-3-6-10-17)21(14-24-19)30-16-18-11-7-4-8-12-18;22-12-19(24)18-11-20(25-14-16-7-3-1-4-8-16)21(13-23-18)26-15-17-9-5-2-6-10-17;1-3-5-7-8-6-4-2;1-3-5-7-6-4-2;1-3-5-4-2/h3-13,15H,2,14,16-17H2,1H3,(H2,25,27,29);3-14H,2,15-16H2,1H3,(H,26,28);1-11,13H,12,14-15,22H2;1-2H3;1H,2H3;1H,2H3. The molecule has 6 aromatic carbocycles. The minimum atomic E-state index is -0.404. The van der Waals surface area contributed by atoms with Crippen molar-refractivity contribution in [3.8, 4) is 142 Å². The number of terminal acetylenes is 2. The van der Waals surface area contributed by atoms with E-state index in [9.17, 15) is 19.2 Å². The third kappa shape index (κ3) is 32.4. The molecule has 0 atom stereocenters. The number of benzene rings is 6. The van der Waals surface area contributed by atoms with Crippen LogP contribution in [0.4, 0.5) is 4.79 Å². The molecule has 107 heavy (non-hydrogen) atoms. The number of hydrogen-bond acceptors (Lipinski definition) is 15. The second-order valence-corrected chi connectivity index (χ2v) is 21.3. The Morgan fingerprint density at radius 1 is 0.430 bits per heavy atom. The third-order valence-electron chi connectivity index (χ3n) is 13.7. The molecule has 5 N–H and O–H groups in total. The SMILES string of the molecule is C#CC#CC.C#CC#CC#CC.CC#CC#CC#CC.CCNC(=O)NCC(=O)c1cc(OCc2ccccc2)c(OCc2ccccc2)cn1.CCn1c(-c2cc(OCc3ccccc3)c(OCc3ccccc3)cn2)n[nH]c1=O.NCC(=O)c1cc(OCc2ccccc2)c(OCc2ccccc2)cn1. The summed E-state index contributed by atoms with van der Waals surface area (Å²) in [5, 5.41) is 11.7. The molecule has 0 spiro atoms. The van der Waals surface area contributed by atoms with E-state index in [1.54, 1.807) is 59.0 Å². The number of H-pyrrole nitrogens is 1. The Kier molecular flexibility index (Phi) is 39.5. The summed E-state index contributed by atoms with van der Waals surface area (Å²) in [5.41, 5.74) is 12.3. The van der Waals surface area contributed by atoms with Crippen LogP contribution < -0.4 is 50.5 Å². The van der Waals surface area contributed by atoms with Gasteiger partial charge in [0, 0.05) is 31.3 Å². The van der Waals surface area contributed by atoms with Crippen molar-refractivity contribution in [3.05, 3.63) is 274 Å². The second-order valence-electron chi connectivity index (χ2n) is 21.3. The molecule has 0 saturated carbocycles. The number of aromatic nitrogens is 6. The molecule has 538 valence electrons. The van der Waals surface area contributed by atoms with E-state index in [0.29, 0.717) is 98.7 Å². The highest BCUT2D eigenvalue weighted by molar-refractivity contribution is 5.98. The minimum absolute atomic E-state index is 0.102. The molecule has 0 unspecified atom stereocenters. The summed E-state index contributed by atoms with van der Waals surface area (Å²) in [4.78, 5) is 60.6. The maximum absolute atomic E-state index is 12.5. The average Bonchev–Trinajstić information content (AvgIpc) is 1.79. The Labute approximate surface area is 626 Å². The third-order valence-corrected chi connectivity index (χ3v) is 13.7. The Balaban J connectivity index is 0.000000255. The number of ether oxygens (including phenoxy) is 6. The number of nitrogens with zero attached hydrogens (tertiary/aromatic N) is 5. The fraction of sp³-hybridized carbons (Fsp3) is 0.182. The van der Waals surface area contributed by atoms with Crippen LogP contribution in [0.25, 0.3) is 11.5 Å². The van der Waals surface area contributed by atoms with Gasteiger partial charge in [0.15, 0.2) is 51.9 Å². The molecule has 10 aromatic rings. The second kappa shape index (κ2) is 50.8. The van der Waals surface area contributed by atoms with Crippen LogP contribution in [0.2, 0.25) is 0 Å². The molecule has 0 fully saturated rings. The van der Waals surface area contributed by atoms with Crippen LogP contribution in [0.3, 0.4) is 0 Å². The molecule has 0 radical (unpaired) electrons. The molecule has 0 aliphatic carbocycles. The fourth-order valence-corrected chi connectivity index (χ4v) is 8.55. The van der Waals surface area contributed by atoms with Gasteiger partial charge in [0.05, 0.1) is 31.7 Å². The molecule has 0 bridgehead atoms. The number of nitrogens with two attached hydrogens (primary N) is 1. The van der Waals surface area contributed by atoms with Crippen LogP contribution in [0.15, 0.2) is 224 Å².